The fourth-order valence-corrected chi connectivity index (χ4v) is 6.10. The van der Waals surface area contributed by atoms with Crippen molar-refractivity contribution in [1.29, 1.82) is 0 Å². The topological polar surface area (TPSA) is 72.1 Å². The predicted octanol–water partition coefficient (Wildman–Crippen LogP) is 6.20. The molecule has 1 saturated carbocycles. The second-order valence-electron chi connectivity index (χ2n) is 8.98. The van der Waals surface area contributed by atoms with E-state index in [1.165, 1.54) is 31.0 Å². The molecule has 0 unspecified atom stereocenters. The molecule has 0 bridgehead atoms. The Bertz CT molecular complexity index is 1060. The van der Waals surface area contributed by atoms with Gasteiger partial charge in [-0.3, -0.25) is 9.69 Å². The molecule has 1 aromatic heterocycles. The van der Waals surface area contributed by atoms with Crippen LogP contribution in [0.5, 0.6) is 11.5 Å². The summed E-state index contributed by atoms with van der Waals surface area (Å²) < 4.78 is 17.7. The number of carbonyl (C=O) groups is 1. The molecule has 0 spiro atoms. The lowest BCUT2D eigenvalue weighted by molar-refractivity contribution is -0.123. The van der Waals surface area contributed by atoms with Crippen LogP contribution in [0, 0.1) is 0 Å². The summed E-state index contributed by atoms with van der Waals surface area (Å²) >= 11 is 7.00. The zero-order chi connectivity index (χ0) is 24.8. The lowest BCUT2D eigenvalue weighted by Crippen LogP contribution is -2.39. The Balaban J connectivity index is 1.65. The summed E-state index contributed by atoms with van der Waals surface area (Å²) in [5.74, 6) is 2.56. The zero-order valence-electron chi connectivity index (χ0n) is 20.4. The Morgan fingerprint density at radius 2 is 1.74 bits per heavy atom. The Labute approximate surface area is 216 Å². The molecule has 2 aromatic rings. The highest BCUT2D eigenvalue weighted by atomic mass is 32.2. The highest BCUT2D eigenvalue weighted by Crippen LogP contribution is 2.39. The molecule has 35 heavy (non-hydrogen) atoms. The lowest BCUT2D eigenvalue weighted by atomic mass is 9.96. The first-order valence-corrected chi connectivity index (χ1v) is 13.5. The van der Waals surface area contributed by atoms with Gasteiger partial charge in [-0.2, -0.15) is 0 Å². The van der Waals surface area contributed by atoms with Crippen LogP contribution in [0.1, 0.15) is 62.7 Å². The van der Waals surface area contributed by atoms with E-state index >= 15 is 0 Å². The van der Waals surface area contributed by atoms with Crippen LogP contribution >= 0.6 is 24.0 Å². The van der Waals surface area contributed by atoms with E-state index in [0.717, 1.165) is 36.8 Å². The van der Waals surface area contributed by atoms with Gasteiger partial charge in [0.25, 0.3) is 5.91 Å². The summed E-state index contributed by atoms with van der Waals surface area (Å²) in [6, 6.07) is 7.72. The molecule has 1 N–H and O–H groups in total. The summed E-state index contributed by atoms with van der Waals surface area (Å²) in [5.41, 5.74) is 1.75. The van der Waals surface area contributed by atoms with Gasteiger partial charge in [-0.25, -0.2) is 0 Å². The minimum absolute atomic E-state index is 0.0281. The number of amides is 1. The smallest absolute Gasteiger partial charge is 0.266 e. The molecule has 8 heteroatoms. The molecule has 0 radical (unpaired) electrons. The van der Waals surface area contributed by atoms with Gasteiger partial charge in [-0.1, -0.05) is 56.1 Å². The fourth-order valence-electron chi connectivity index (χ4n) is 4.73. The van der Waals surface area contributed by atoms with Crippen molar-refractivity contribution in [3.63, 3.8) is 0 Å². The van der Waals surface area contributed by atoms with Crippen molar-refractivity contribution in [3.8, 4) is 22.8 Å². The van der Waals surface area contributed by atoms with Crippen LogP contribution in [0.3, 0.4) is 0 Å². The van der Waals surface area contributed by atoms with E-state index in [-0.39, 0.29) is 18.6 Å². The van der Waals surface area contributed by atoms with Crippen LogP contribution in [0.15, 0.2) is 33.6 Å². The van der Waals surface area contributed by atoms with Crippen molar-refractivity contribution in [2.75, 3.05) is 20.8 Å². The molecule has 1 amide bonds. The lowest BCUT2D eigenvalue weighted by Gasteiger charge is -2.28. The van der Waals surface area contributed by atoms with Crippen LogP contribution in [0.25, 0.3) is 17.4 Å². The van der Waals surface area contributed by atoms with Crippen LogP contribution in [-0.4, -0.2) is 47.1 Å². The monoisotopic (exact) mass is 515 g/mol. The van der Waals surface area contributed by atoms with Crippen molar-refractivity contribution in [2.24, 2.45) is 0 Å². The number of hydrogen-bond donors (Lipinski definition) is 1. The molecular formula is C27H33NO5S2. The molecule has 2 fully saturated rings. The van der Waals surface area contributed by atoms with Crippen molar-refractivity contribution >= 4 is 40.3 Å². The number of benzene rings is 1. The first kappa shape index (κ1) is 25.8. The van der Waals surface area contributed by atoms with Crippen molar-refractivity contribution in [2.45, 2.75) is 63.8 Å². The SMILES string of the molecule is COc1cc(OC)cc(-c2cc(CCCO)c(/C=C3\SC(=S)N(C4CCCCCCC4)C3=O)o2)c1. The average molecular weight is 516 g/mol. The number of nitrogens with zero attached hydrogens (tertiary/aromatic N) is 1. The third-order valence-corrected chi connectivity index (χ3v) is 7.94. The molecule has 1 aliphatic carbocycles. The van der Waals surface area contributed by atoms with Crippen LogP contribution in [-0.2, 0) is 11.2 Å². The molecule has 1 saturated heterocycles. The third kappa shape index (κ3) is 6.11. The number of aliphatic hydroxyl groups excluding tert-OH is 1. The largest absolute Gasteiger partial charge is 0.497 e. The second-order valence-corrected chi connectivity index (χ2v) is 10.7. The Morgan fingerprint density at radius 1 is 1.09 bits per heavy atom. The first-order chi connectivity index (χ1) is 17.0. The third-order valence-electron chi connectivity index (χ3n) is 6.61. The summed E-state index contributed by atoms with van der Waals surface area (Å²) in [6.07, 6.45) is 11.1. The van der Waals surface area contributed by atoms with Gasteiger partial charge in [0, 0.05) is 30.4 Å². The van der Waals surface area contributed by atoms with E-state index in [4.69, 9.17) is 26.1 Å². The highest BCUT2D eigenvalue weighted by Gasteiger charge is 2.37. The van der Waals surface area contributed by atoms with Crippen molar-refractivity contribution in [3.05, 3.63) is 40.5 Å². The highest BCUT2D eigenvalue weighted by molar-refractivity contribution is 8.26. The van der Waals surface area contributed by atoms with E-state index in [2.05, 4.69) is 0 Å². The molecule has 0 atom stereocenters. The molecule has 2 aliphatic rings. The van der Waals surface area contributed by atoms with E-state index in [1.807, 2.05) is 29.2 Å². The molecule has 6 nitrogen and oxygen atoms in total. The number of carbonyl (C=O) groups excluding carboxylic acids is 1. The molecule has 1 aromatic carbocycles. The maximum atomic E-state index is 13.4. The van der Waals surface area contributed by atoms with Crippen LogP contribution in [0.2, 0.25) is 0 Å². The minimum Gasteiger partial charge on any atom is -0.497 e. The van der Waals surface area contributed by atoms with E-state index in [1.54, 1.807) is 20.3 Å². The quantitative estimate of drug-likeness (QED) is 0.331. The first-order valence-electron chi connectivity index (χ1n) is 12.3. The maximum Gasteiger partial charge on any atom is 0.266 e. The maximum absolute atomic E-state index is 13.4. The van der Waals surface area contributed by atoms with Gasteiger partial charge >= 0.3 is 0 Å². The van der Waals surface area contributed by atoms with E-state index in [0.29, 0.717) is 45.1 Å². The van der Waals surface area contributed by atoms with Gasteiger partial charge in [-0.05, 0) is 49.4 Å². The number of rotatable bonds is 8. The summed E-state index contributed by atoms with van der Waals surface area (Å²) in [7, 11) is 3.22. The Hall–Kier alpha value is -2.29. The average Bonchev–Trinajstić information content (AvgIpc) is 3.37. The number of thioether (sulfide) groups is 1. The van der Waals surface area contributed by atoms with Gasteiger partial charge in [0.15, 0.2) is 0 Å². The summed E-state index contributed by atoms with van der Waals surface area (Å²) in [6.45, 7) is 0.0801. The predicted molar refractivity (Wildman–Crippen MR) is 144 cm³/mol. The molecule has 2 heterocycles. The molecule has 4 rings (SSSR count). The van der Waals surface area contributed by atoms with Crippen LogP contribution < -0.4 is 9.47 Å². The van der Waals surface area contributed by atoms with Crippen molar-refractivity contribution < 1.29 is 23.8 Å². The van der Waals surface area contributed by atoms with Gasteiger partial charge in [0.1, 0.15) is 27.3 Å². The number of aryl methyl sites for hydroxylation is 1. The second kappa shape index (κ2) is 12.1. The van der Waals surface area contributed by atoms with Gasteiger partial charge < -0.3 is 19.0 Å². The number of hydrogen-bond acceptors (Lipinski definition) is 7. The number of methoxy groups -OCH3 is 2. The summed E-state index contributed by atoms with van der Waals surface area (Å²) in [5, 5.41) is 9.40. The Kier molecular flexibility index (Phi) is 8.92. The fraction of sp³-hybridized carbons (Fsp3) is 0.481. The number of aliphatic hydroxyl groups is 1. The van der Waals surface area contributed by atoms with Gasteiger partial charge in [0.2, 0.25) is 0 Å². The van der Waals surface area contributed by atoms with Gasteiger partial charge in [0.05, 0.1) is 19.1 Å². The van der Waals surface area contributed by atoms with E-state index < -0.39 is 0 Å². The minimum atomic E-state index is -0.0281. The normalized spacial score (nSPS) is 18.7. The number of furan rings is 1. The Morgan fingerprint density at radius 3 is 2.37 bits per heavy atom. The standard InChI is InChI=1S/C27H33NO5S2/c1-31-21-13-19(14-22(16-21)32-2)23-15-18(9-8-12-29)24(33-23)17-25-26(30)28(27(34)35-25)20-10-6-4-3-5-7-11-20/h13-17,20,29H,3-12H2,1-2H3/b25-17-. The molecule has 1 aliphatic heterocycles. The molecular weight excluding hydrogens is 482 g/mol. The summed E-state index contributed by atoms with van der Waals surface area (Å²) in [4.78, 5) is 15.8. The van der Waals surface area contributed by atoms with E-state index in [9.17, 15) is 9.90 Å². The number of thiocarbonyl (C=S) groups is 1. The molecule has 188 valence electrons. The van der Waals surface area contributed by atoms with Crippen molar-refractivity contribution in [1.82, 2.24) is 4.90 Å². The van der Waals surface area contributed by atoms with Gasteiger partial charge in [-0.15, -0.1) is 0 Å². The van der Waals surface area contributed by atoms with Crippen LogP contribution in [0.4, 0.5) is 0 Å². The number of ether oxygens (including phenoxy) is 2. The zero-order valence-corrected chi connectivity index (χ0v) is 22.0.